The van der Waals surface area contributed by atoms with E-state index in [9.17, 15) is 30.8 Å². The number of benzene rings is 2. The molecule has 2 aromatic carbocycles. The number of aliphatic hydroxyl groups excluding tert-OH is 3. The number of aliphatic hydroxyl groups is 3. The molecule has 13 nitrogen and oxygen atoms in total. The molecule has 2 heterocycles. The zero-order valence-corrected chi connectivity index (χ0v) is 21.7. The number of hydrogen-bond donors (Lipinski definition) is 4. The number of ether oxygens (including phenoxy) is 5. The molecular weight excluding hydrogens is 526 g/mol. The molecule has 0 spiro atoms. The Morgan fingerprint density at radius 2 is 1.52 bits per heavy atom. The van der Waals surface area contributed by atoms with Crippen molar-refractivity contribution in [2.75, 3.05) is 6.61 Å². The first-order valence-corrected chi connectivity index (χ1v) is 12.9. The van der Waals surface area contributed by atoms with Crippen LogP contribution < -0.4 is 0 Å². The first kappa shape index (κ1) is 29.9. The fraction of sp³-hybridized carbons (Fsp3) is 0.519. The van der Waals surface area contributed by atoms with Crippen LogP contribution in [0.4, 0.5) is 0 Å². The van der Waals surface area contributed by atoms with Crippen molar-refractivity contribution in [2.45, 2.75) is 75.4 Å². The van der Waals surface area contributed by atoms with Crippen LogP contribution in [0.25, 0.3) is 10.4 Å². The maximum atomic E-state index is 11.9. The summed E-state index contributed by atoms with van der Waals surface area (Å²) in [4.78, 5) is 14.8. The van der Waals surface area contributed by atoms with E-state index in [0.29, 0.717) is 0 Å². The van der Waals surface area contributed by atoms with E-state index >= 15 is 0 Å². The van der Waals surface area contributed by atoms with Gasteiger partial charge in [-0.1, -0.05) is 72.7 Å². The number of aliphatic carboxylic acids is 1. The lowest BCUT2D eigenvalue weighted by atomic mass is 9.88. The quantitative estimate of drug-likeness (QED) is 0.179. The monoisotopic (exact) mass is 559 g/mol. The molecule has 2 fully saturated rings. The van der Waals surface area contributed by atoms with Crippen LogP contribution in [-0.2, 0) is 41.7 Å². The maximum Gasteiger partial charge on any atom is 0.335 e. The largest absolute Gasteiger partial charge is 0.479 e. The number of azide groups is 1. The molecule has 4 rings (SSSR count). The first-order valence-electron chi connectivity index (χ1n) is 12.9. The highest BCUT2D eigenvalue weighted by Gasteiger charge is 2.52. The molecule has 0 radical (unpaired) electrons. The van der Waals surface area contributed by atoms with Gasteiger partial charge < -0.3 is 44.1 Å². The van der Waals surface area contributed by atoms with Crippen molar-refractivity contribution in [1.29, 1.82) is 0 Å². The Balaban J connectivity index is 1.50. The van der Waals surface area contributed by atoms with Gasteiger partial charge in [-0.25, -0.2) is 4.79 Å². The van der Waals surface area contributed by atoms with Gasteiger partial charge in [0.2, 0.25) is 0 Å². The first-order chi connectivity index (χ1) is 19.3. The summed E-state index contributed by atoms with van der Waals surface area (Å²) in [6.07, 6.45) is -11.1. The van der Waals surface area contributed by atoms with E-state index in [1.54, 1.807) is 31.2 Å². The minimum atomic E-state index is -1.77. The van der Waals surface area contributed by atoms with E-state index in [-0.39, 0.29) is 13.2 Å². The molecule has 4 N–H and O–H groups in total. The molecule has 0 bridgehead atoms. The zero-order chi connectivity index (χ0) is 28.6. The van der Waals surface area contributed by atoms with Gasteiger partial charge in [-0.3, -0.25) is 0 Å². The van der Waals surface area contributed by atoms with E-state index in [4.69, 9.17) is 23.7 Å². The van der Waals surface area contributed by atoms with Crippen molar-refractivity contribution in [3.8, 4) is 0 Å². The lowest BCUT2D eigenvalue weighted by Crippen LogP contribution is -2.63. The van der Waals surface area contributed by atoms with Crippen molar-refractivity contribution >= 4 is 5.97 Å². The lowest BCUT2D eigenvalue weighted by Gasteiger charge is -2.47. The van der Waals surface area contributed by atoms with Crippen molar-refractivity contribution in [1.82, 2.24) is 0 Å². The van der Waals surface area contributed by atoms with Crippen LogP contribution >= 0.6 is 0 Å². The van der Waals surface area contributed by atoms with Gasteiger partial charge in [-0.15, -0.1) is 0 Å². The second kappa shape index (κ2) is 14.0. The molecule has 10 atom stereocenters. The Hall–Kier alpha value is -3.10. The van der Waals surface area contributed by atoms with Gasteiger partial charge >= 0.3 is 5.97 Å². The fourth-order valence-corrected chi connectivity index (χ4v) is 4.85. The summed E-state index contributed by atoms with van der Waals surface area (Å²) in [6.45, 7) is 1.31. The predicted molar refractivity (Wildman–Crippen MR) is 137 cm³/mol. The van der Waals surface area contributed by atoms with Gasteiger partial charge in [0, 0.05) is 4.91 Å². The molecular formula is C27H33N3O10. The Kier molecular flexibility index (Phi) is 10.5. The highest BCUT2D eigenvalue weighted by atomic mass is 16.7. The zero-order valence-electron chi connectivity index (χ0n) is 21.7. The van der Waals surface area contributed by atoms with Crippen molar-refractivity contribution in [3.05, 3.63) is 82.2 Å². The third-order valence-corrected chi connectivity index (χ3v) is 7.00. The lowest BCUT2D eigenvalue weighted by molar-refractivity contribution is -0.341. The van der Waals surface area contributed by atoms with Crippen molar-refractivity contribution < 1.29 is 48.9 Å². The SMILES string of the molecule is C[C@@H]1C(N=[N+]=[N-])C(OCc2ccccc2)OC(CO)[C@H]1O[C@@H]1OC(C(=O)O)[C@@H](O)[C@@H](OCc2ccccc2)C1O. The van der Waals surface area contributed by atoms with Crippen LogP contribution in [0.5, 0.6) is 0 Å². The number of carboxylic acid groups (broad SMARTS) is 1. The molecule has 5 unspecified atom stereocenters. The van der Waals surface area contributed by atoms with E-state index in [1.807, 2.05) is 36.4 Å². The minimum absolute atomic E-state index is 0.0136. The number of hydrogen-bond acceptors (Lipinski definition) is 10. The smallest absolute Gasteiger partial charge is 0.335 e. The molecule has 2 saturated heterocycles. The third kappa shape index (κ3) is 6.96. The Labute approximate surface area is 230 Å². The molecule has 2 aliphatic rings. The average molecular weight is 560 g/mol. The molecule has 2 aromatic rings. The summed E-state index contributed by atoms with van der Waals surface area (Å²) in [5, 5.41) is 45.3. The molecule has 0 aliphatic carbocycles. The number of carbonyl (C=O) groups is 1. The summed E-state index contributed by atoms with van der Waals surface area (Å²) in [5.74, 6) is -2.11. The number of nitrogens with zero attached hydrogens (tertiary/aromatic N) is 3. The van der Waals surface area contributed by atoms with Gasteiger partial charge in [0.1, 0.15) is 24.4 Å². The number of rotatable bonds is 11. The minimum Gasteiger partial charge on any atom is -0.479 e. The third-order valence-electron chi connectivity index (χ3n) is 7.00. The summed E-state index contributed by atoms with van der Waals surface area (Å²) < 4.78 is 29.0. The molecule has 40 heavy (non-hydrogen) atoms. The highest BCUT2D eigenvalue weighted by Crippen LogP contribution is 2.35. The second-order valence-corrected chi connectivity index (χ2v) is 9.68. The van der Waals surface area contributed by atoms with Crippen LogP contribution in [0.3, 0.4) is 0 Å². The van der Waals surface area contributed by atoms with E-state index in [0.717, 1.165) is 11.1 Å². The molecule has 2 aliphatic heterocycles. The van der Waals surface area contributed by atoms with Gasteiger partial charge in [0.15, 0.2) is 18.7 Å². The predicted octanol–water partition coefficient (Wildman–Crippen LogP) is 1.74. The second-order valence-electron chi connectivity index (χ2n) is 9.68. The van der Waals surface area contributed by atoms with Crippen molar-refractivity contribution in [2.24, 2.45) is 11.0 Å². The molecule has 0 aromatic heterocycles. The topological polar surface area (TPSA) is 193 Å². The van der Waals surface area contributed by atoms with E-state index < -0.39 is 73.7 Å². The summed E-state index contributed by atoms with van der Waals surface area (Å²) in [6, 6.07) is 17.3. The summed E-state index contributed by atoms with van der Waals surface area (Å²) >= 11 is 0. The molecule has 216 valence electrons. The fourth-order valence-electron chi connectivity index (χ4n) is 4.85. The Bertz CT molecular complexity index is 1140. The van der Waals surface area contributed by atoms with Crippen LogP contribution in [0.15, 0.2) is 65.8 Å². The Morgan fingerprint density at radius 3 is 2.08 bits per heavy atom. The van der Waals surface area contributed by atoms with Crippen molar-refractivity contribution in [3.63, 3.8) is 0 Å². The van der Waals surface area contributed by atoms with Gasteiger partial charge in [-0.2, -0.15) is 0 Å². The van der Waals surface area contributed by atoms with E-state index in [2.05, 4.69) is 10.0 Å². The van der Waals surface area contributed by atoms with Crippen LogP contribution in [0.1, 0.15) is 18.1 Å². The standard InChI is InChI=1S/C27H33N3O10/c1-15-19(29-30-28)26(37-14-17-10-6-3-7-11-17)38-18(12-31)22(15)39-27-21(33)23(20(32)24(40-27)25(34)35)36-13-16-8-4-2-5-9-16/h2-11,15,18-24,26-27,31-33H,12-14H2,1H3,(H,34,35)/t15-,18?,19?,20+,21?,22+,23-,24?,26?,27-/m1/s1. The van der Waals surface area contributed by atoms with Crippen LogP contribution in [0.2, 0.25) is 0 Å². The van der Waals surface area contributed by atoms with Gasteiger partial charge in [-0.05, 0) is 22.6 Å². The number of carboxylic acids is 1. The molecule has 0 amide bonds. The van der Waals surface area contributed by atoms with Crippen LogP contribution in [-0.4, -0.2) is 88.2 Å². The normalized spacial score (nSPS) is 34.1. The summed E-state index contributed by atoms with van der Waals surface area (Å²) in [7, 11) is 0. The summed E-state index contributed by atoms with van der Waals surface area (Å²) in [5.41, 5.74) is 10.8. The Morgan fingerprint density at radius 1 is 0.925 bits per heavy atom. The molecule has 0 saturated carbocycles. The average Bonchev–Trinajstić information content (AvgIpc) is 2.96. The molecule has 13 heteroatoms. The van der Waals surface area contributed by atoms with Gasteiger partial charge in [0.25, 0.3) is 0 Å². The highest BCUT2D eigenvalue weighted by molar-refractivity contribution is 5.73. The maximum absolute atomic E-state index is 11.9. The van der Waals surface area contributed by atoms with E-state index in [1.165, 1.54) is 0 Å². The van der Waals surface area contributed by atoms with Crippen LogP contribution in [0, 0.1) is 5.92 Å². The van der Waals surface area contributed by atoms with Gasteiger partial charge in [0.05, 0.1) is 32.0 Å².